The van der Waals surface area contributed by atoms with E-state index >= 15 is 0 Å². The van der Waals surface area contributed by atoms with Crippen LogP contribution >= 0.6 is 0 Å². The average molecular weight is 271 g/mol. The standard InChI is InChI=1S/C12H21N3O4/c1-8(17)13-9(7-16)11(18)15-6-4-5-10(15)12(19)14(2)3/h9-10,16H,4-7H2,1-3H3,(H,13,17)/t9?,10-/m0/s1. The number of carbonyl (C=O) groups excluding carboxylic acids is 3. The number of rotatable bonds is 4. The van der Waals surface area contributed by atoms with Crippen LogP contribution in [0, 0.1) is 0 Å². The summed E-state index contributed by atoms with van der Waals surface area (Å²) in [7, 11) is 3.28. The van der Waals surface area contributed by atoms with Crippen LogP contribution in [0.25, 0.3) is 0 Å². The van der Waals surface area contributed by atoms with E-state index in [9.17, 15) is 19.5 Å². The van der Waals surface area contributed by atoms with E-state index in [2.05, 4.69) is 5.32 Å². The monoisotopic (exact) mass is 271 g/mol. The van der Waals surface area contributed by atoms with Crippen LogP contribution in [-0.4, -0.2) is 72.0 Å². The van der Waals surface area contributed by atoms with E-state index in [4.69, 9.17) is 0 Å². The summed E-state index contributed by atoms with van der Waals surface area (Å²) in [6.45, 7) is 1.28. The number of amides is 3. The van der Waals surface area contributed by atoms with Gasteiger partial charge in [-0.05, 0) is 12.8 Å². The average Bonchev–Trinajstić information content (AvgIpc) is 2.82. The number of aliphatic hydroxyl groups is 1. The molecule has 7 heteroatoms. The van der Waals surface area contributed by atoms with Crippen molar-refractivity contribution in [3.63, 3.8) is 0 Å². The first-order chi connectivity index (χ1) is 8.88. The molecule has 1 aliphatic heterocycles. The van der Waals surface area contributed by atoms with Crippen LogP contribution in [0.4, 0.5) is 0 Å². The third kappa shape index (κ3) is 3.66. The molecule has 1 unspecified atom stereocenters. The topological polar surface area (TPSA) is 90.0 Å². The van der Waals surface area contributed by atoms with Crippen LogP contribution in [0.5, 0.6) is 0 Å². The Morgan fingerprint density at radius 3 is 2.53 bits per heavy atom. The van der Waals surface area contributed by atoms with Gasteiger partial charge in [-0.2, -0.15) is 0 Å². The highest BCUT2D eigenvalue weighted by molar-refractivity contribution is 5.92. The lowest BCUT2D eigenvalue weighted by Crippen LogP contribution is -2.54. The van der Waals surface area contributed by atoms with Crippen molar-refractivity contribution in [1.82, 2.24) is 15.1 Å². The normalized spacial score (nSPS) is 20.0. The van der Waals surface area contributed by atoms with E-state index in [-0.39, 0.29) is 11.8 Å². The highest BCUT2D eigenvalue weighted by Gasteiger charge is 2.37. The lowest BCUT2D eigenvalue weighted by atomic mass is 10.1. The van der Waals surface area contributed by atoms with Crippen LogP contribution in [-0.2, 0) is 14.4 Å². The van der Waals surface area contributed by atoms with E-state index in [1.54, 1.807) is 14.1 Å². The zero-order valence-electron chi connectivity index (χ0n) is 11.5. The zero-order valence-corrected chi connectivity index (χ0v) is 11.5. The Labute approximate surface area is 112 Å². The minimum atomic E-state index is -0.979. The summed E-state index contributed by atoms with van der Waals surface area (Å²) < 4.78 is 0. The summed E-state index contributed by atoms with van der Waals surface area (Å²) >= 11 is 0. The highest BCUT2D eigenvalue weighted by atomic mass is 16.3. The van der Waals surface area contributed by atoms with E-state index in [1.807, 2.05) is 0 Å². The molecule has 0 saturated carbocycles. The molecule has 1 heterocycles. The van der Waals surface area contributed by atoms with Crippen molar-refractivity contribution >= 4 is 17.7 Å². The number of nitrogens with zero attached hydrogens (tertiary/aromatic N) is 2. The van der Waals surface area contributed by atoms with Gasteiger partial charge in [0.05, 0.1) is 6.61 Å². The molecule has 0 bridgehead atoms. The first kappa shape index (κ1) is 15.4. The minimum Gasteiger partial charge on any atom is -0.394 e. The fourth-order valence-electron chi connectivity index (χ4n) is 2.22. The number of aliphatic hydroxyl groups excluding tert-OH is 1. The van der Waals surface area contributed by atoms with Crippen molar-refractivity contribution in [3.05, 3.63) is 0 Å². The van der Waals surface area contributed by atoms with E-state index in [0.717, 1.165) is 6.42 Å². The second-order valence-corrected chi connectivity index (χ2v) is 4.86. The minimum absolute atomic E-state index is 0.134. The number of hydrogen-bond donors (Lipinski definition) is 2. The van der Waals surface area contributed by atoms with Gasteiger partial charge in [0, 0.05) is 27.6 Å². The Balaban J connectivity index is 2.79. The molecule has 0 aromatic rings. The van der Waals surface area contributed by atoms with Gasteiger partial charge in [0.25, 0.3) is 0 Å². The summed E-state index contributed by atoms with van der Waals surface area (Å²) in [5.74, 6) is -0.928. The number of nitrogens with one attached hydrogen (secondary N) is 1. The van der Waals surface area contributed by atoms with Crippen LogP contribution in [0.1, 0.15) is 19.8 Å². The fourth-order valence-corrected chi connectivity index (χ4v) is 2.22. The van der Waals surface area contributed by atoms with Crippen molar-refractivity contribution in [3.8, 4) is 0 Å². The molecule has 0 spiro atoms. The summed E-state index contributed by atoms with van der Waals surface area (Å²) in [5.41, 5.74) is 0. The first-order valence-electron chi connectivity index (χ1n) is 6.28. The van der Waals surface area contributed by atoms with Crippen LogP contribution < -0.4 is 5.32 Å². The Morgan fingerprint density at radius 2 is 2.05 bits per heavy atom. The van der Waals surface area contributed by atoms with Gasteiger partial charge in [-0.25, -0.2) is 0 Å². The summed E-state index contributed by atoms with van der Waals surface area (Å²) in [6, 6.07) is -1.47. The molecular weight excluding hydrogens is 250 g/mol. The highest BCUT2D eigenvalue weighted by Crippen LogP contribution is 2.19. The van der Waals surface area contributed by atoms with Gasteiger partial charge in [-0.1, -0.05) is 0 Å². The third-order valence-corrected chi connectivity index (χ3v) is 3.12. The second-order valence-electron chi connectivity index (χ2n) is 4.86. The van der Waals surface area contributed by atoms with Gasteiger partial charge < -0.3 is 20.2 Å². The predicted octanol–water partition coefficient (Wildman–Crippen LogP) is -1.44. The molecule has 108 valence electrons. The lowest BCUT2D eigenvalue weighted by Gasteiger charge is -2.29. The van der Waals surface area contributed by atoms with Crippen LogP contribution in [0.2, 0.25) is 0 Å². The van der Waals surface area contributed by atoms with E-state index < -0.39 is 24.6 Å². The molecule has 19 heavy (non-hydrogen) atoms. The van der Waals surface area contributed by atoms with Gasteiger partial charge in [0.2, 0.25) is 17.7 Å². The molecule has 1 fully saturated rings. The maximum Gasteiger partial charge on any atom is 0.248 e. The molecule has 3 amide bonds. The summed E-state index contributed by atoms with van der Waals surface area (Å²) in [4.78, 5) is 38.1. The first-order valence-corrected chi connectivity index (χ1v) is 6.28. The number of likely N-dealkylation sites (tertiary alicyclic amines) is 1. The molecule has 1 saturated heterocycles. The van der Waals surface area contributed by atoms with Crippen molar-refractivity contribution in [1.29, 1.82) is 0 Å². The molecule has 7 nitrogen and oxygen atoms in total. The summed E-state index contributed by atoms with van der Waals surface area (Å²) in [5, 5.41) is 11.6. The quantitative estimate of drug-likeness (QED) is 0.655. The Kier molecular flexibility index (Phi) is 5.29. The van der Waals surface area contributed by atoms with Crippen LogP contribution in [0.15, 0.2) is 0 Å². The molecule has 0 aliphatic carbocycles. The van der Waals surface area contributed by atoms with Gasteiger partial charge >= 0.3 is 0 Å². The van der Waals surface area contributed by atoms with Crippen molar-refractivity contribution in [2.75, 3.05) is 27.2 Å². The van der Waals surface area contributed by atoms with Crippen molar-refractivity contribution in [2.24, 2.45) is 0 Å². The number of hydrogen-bond acceptors (Lipinski definition) is 4. The Morgan fingerprint density at radius 1 is 1.42 bits per heavy atom. The molecular formula is C12H21N3O4. The van der Waals surface area contributed by atoms with E-state index in [1.165, 1.54) is 16.7 Å². The maximum atomic E-state index is 12.2. The predicted molar refractivity (Wildman–Crippen MR) is 68.1 cm³/mol. The second kappa shape index (κ2) is 6.51. The number of likely N-dealkylation sites (N-methyl/N-ethyl adjacent to an activating group) is 1. The van der Waals surface area contributed by atoms with Gasteiger partial charge in [0.15, 0.2) is 0 Å². The van der Waals surface area contributed by atoms with Gasteiger partial charge in [0.1, 0.15) is 12.1 Å². The Hall–Kier alpha value is -1.63. The maximum absolute atomic E-state index is 12.2. The van der Waals surface area contributed by atoms with Crippen LogP contribution in [0.3, 0.4) is 0 Å². The molecule has 2 atom stereocenters. The molecule has 0 aromatic heterocycles. The van der Waals surface area contributed by atoms with Gasteiger partial charge in [-0.3, -0.25) is 14.4 Å². The summed E-state index contributed by atoms with van der Waals surface area (Å²) in [6.07, 6.45) is 1.36. The third-order valence-electron chi connectivity index (χ3n) is 3.12. The number of carbonyl (C=O) groups is 3. The Bertz CT molecular complexity index is 370. The van der Waals surface area contributed by atoms with E-state index in [0.29, 0.717) is 13.0 Å². The largest absolute Gasteiger partial charge is 0.394 e. The van der Waals surface area contributed by atoms with Crippen molar-refractivity contribution < 1.29 is 19.5 Å². The molecule has 0 radical (unpaired) electrons. The zero-order chi connectivity index (χ0) is 14.6. The smallest absolute Gasteiger partial charge is 0.248 e. The fraction of sp³-hybridized carbons (Fsp3) is 0.750. The molecule has 1 aliphatic rings. The molecule has 1 rings (SSSR count). The van der Waals surface area contributed by atoms with Crippen molar-refractivity contribution in [2.45, 2.75) is 31.8 Å². The SMILES string of the molecule is CC(=O)NC(CO)C(=O)N1CCC[C@H]1C(=O)N(C)C. The van der Waals surface area contributed by atoms with Gasteiger partial charge in [-0.15, -0.1) is 0 Å². The lowest BCUT2D eigenvalue weighted by molar-refractivity contribution is -0.144. The molecule has 0 aromatic carbocycles. The molecule has 2 N–H and O–H groups in total.